The van der Waals surface area contributed by atoms with Gasteiger partial charge in [0.05, 0.1) is 29.3 Å². The maximum absolute atomic E-state index is 6.01. The molecule has 3 unspecified atom stereocenters. The van der Waals surface area contributed by atoms with Gasteiger partial charge < -0.3 is 14.3 Å². The third-order valence-electron chi connectivity index (χ3n) is 4.08. The lowest BCUT2D eigenvalue weighted by molar-refractivity contribution is 0.0941. The smallest absolute Gasteiger partial charge is 0.178 e. The standard InChI is InChI=1S/C13H13ClN2OS/c14-7-1-3-10-9(5-7)15-13(18)16(10)11-6-8-2-4-12(11)17-8/h1,3,5,8,11-12H,2,4,6H2,(H,15,18). The van der Waals surface area contributed by atoms with Crippen molar-refractivity contribution in [2.45, 2.75) is 37.5 Å². The molecule has 0 spiro atoms. The quantitative estimate of drug-likeness (QED) is 0.804. The van der Waals surface area contributed by atoms with Crippen molar-refractivity contribution in [3.8, 4) is 0 Å². The summed E-state index contributed by atoms with van der Waals surface area (Å²) in [5, 5.41) is 0.732. The Morgan fingerprint density at radius 1 is 1.39 bits per heavy atom. The van der Waals surface area contributed by atoms with Gasteiger partial charge in [0.2, 0.25) is 0 Å². The lowest BCUT2D eigenvalue weighted by Crippen LogP contribution is -2.20. The van der Waals surface area contributed by atoms with Crippen LogP contribution in [0.5, 0.6) is 0 Å². The fourth-order valence-corrected chi connectivity index (χ4v) is 3.83. The molecule has 0 aliphatic carbocycles. The average molecular weight is 281 g/mol. The van der Waals surface area contributed by atoms with E-state index in [1.165, 1.54) is 6.42 Å². The maximum Gasteiger partial charge on any atom is 0.178 e. The van der Waals surface area contributed by atoms with E-state index in [4.69, 9.17) is 28.6 Å². The van der Waals surface area contributed by atoms with Crippen molar-refractivity contribution in [2.75, 3.05) is 0 Å². The van der Waals surface area contributed by atoms with Crippen molar-refractivity contribution in [2.24, 2.45) is 0 Å². The molecule has 0 amide bonds. The first-order chi connectivity index (χ1) is 8.72. The van der Waals surface area contributed by atoms with Gasteiger partial charge in [0.1, 0.15) is 0 Å². The molecule has 2 aliphatic rings. The van der Waals surface area contributed by atoms with Crippen molar-refractivity contribution in [3.63, 3.8) is 0 Å². The van der Waals surface area contributed by atoms with Crippen LogP contribution in [0.3, 0.4) is 0 Å². The minimum atomic E-state index is 0.330. The average Bonchev–Trinajstić information content (AvgIpc) is 3.00. The molecule has 1 aromatic carbocycles. The summed E-state index contributed by atoms with van der Waals surface area (Å²) < 4.78 is 8.91. The molecule has 3 nitrogen and oxygen atoms in total. The van der Waals surface area contributed by atoms with Crippen LogP contribution in [0.1, 0.15) is 25.3 Å². The molecule has 2 fully saturated rings. The summed E-state index contributed by atoms with van der Waals surface area (Å²) in [4.78, 5) is 3.24. The number of imidazole rings is 1. The number of hydrogen-bond acceptors (Lipinski definition) is 2. The molecule has 2 aliphatic heterocycles. The predicted octanol–water partition coefficient (Wildman–Crippen LogP) is 3.84. The van der Waals surface area contributed by atoms with E-state index in [2.05, 4.69) is 9.55 Å². The number of H-pyrrole nitrogens is 1. The van der Waals surface area contributed by atoms with Gasteiger partial charge in [-0.2, -0.15) is 0 Å². The van der Waals surface area contributed by atoms with E-state index in [-0.39, 0.29) is 0 Å². The summed E-state index contributed by atoms with van der Waals surface area (Å²) in [6.07, 6.45) is 4.18. The summed E-state index contributed by atoms with van der Waals surface area (Å²) in [7, 11) is 0. The second-order valence-corrected chi connectivity index (χ2v) is 5.96. The first-order valence-electron chi connectivity index (χ1n) is 6.27. The highest BCUT2D eigenvalue weighted by Crippen LogP contribution is 2.43. The van der Waals surface area contributed by atoms with E-state index in [0.29, 0.717) is 18.2 Å². The number of fused-ring (bicyclic) bond motifs is 3. The zero-order chi connectivity index (χ0) is 12.3. The predicted molar refractivity (Wildman–Crippen MR) is 73.7 cm³/mol. The zero-order valence-corrected chi connectivity index (χ0v) is 11.3. The van der Waals surface area contributed by atoms with E-state index >= 15 is 0 Å². The van der Waals surface area contributed by atoms with Crippen LogP contribution in [0.25, 0.3) is 11.0 Å². The molecule has 1 N–H and O–H groups in total. The lowest BCUT2D eigenvalue weighted by Gasteiger charge is -2.20. The summed E-state index contributed by atoms with van der Waals surface area (Å²) in [5.74, 6) is 0. The molecule has 3 heterocycles. The van der Waals surface area contributed by atoms with Gasteiger partial charge in [-0.3, -0.25) is 0 Å². The monoisotopic (exact) mass is 280 g/mol. The van der Waals surface area contributed by atoms with Gasteiger partial charge in [0.25, 0.3) is 0 Å². The second-order valence-electron chi connectivity index (χ2n) is 5.14. The van der Waals surface area contributed by atoms with Crippen LogP contribution >= 0.6 is 23.8 Å². The Morgan fingerprint density at radius 3 is 3.00 bits per heavy atom. The number of benzene rings is 1. The Balaban J connectivity index is 1.90. The Morgan fingerprint density at radius 2 is 2.28 bits per heavy atom. The second kappa shape index (κ2) is 3.83. The van der Waals surface area contributed by atoms with Gasteiger partial charge in [0.15, 0.2) is 4.77 Å². The number of aromatic nitrogens is 2. The minimum absolute atomic E-state index is 0.330. The molecular weight excluding hydrogens is 268 g/mol. The molecule has 3 atom stereocenters. The Labute approximate surface area is 115 Å². The molecule has 0 saturated carbocycles. The molecule has 0 radical (unpaired) electrons. The van der Waals surface area contributed by atoms with Crippen molar-refractivity contribution in [3.05, 3.63) is 28.0 Å². The van der Waals surface area contributed by atoms with Crippen LogP contribution in [0.4, 0.5) is 0 Å². The SMILES string of the molecule is S=c1[nH]c2cc(Cl)ccc2n1C1CC2CCC1O2. The van der Waals surface area contributed by atoms with Gasteiger partial charge in [-0.25, -0.2) is 0 Å². The number of ether oxygens (including phenoxy) is 1. The molecule has 2 saturated heterocycles. The first kappa shape index (κ1) is 11.0. The van der Waals surface area contributed by atoms with Crippen LogP contribution < -0.4 is 0 Å². The molecular formula is C13H13ClN2OS. The van der Waals surface area contributed by atoms with Crippen molar-refractivity contribution >= 4 is 34.9 Å². The summed E-state index contributed by atoms with van der Waals surface area (Å²) in [6.45, 7) is 0. The van der Waals surface area contributed by atoms with Crippen LogP contribution in [0.2, 0.25) is 5.02 Å². The van der Waals surface area contributed by atoms with Gasteiger partial charge >= 0.3 is 0 Å². The zero-order valence-electron chi connectivity index (χ0n) is 9.73. The van der Waals surface area contributed by atoms with Gasteiger partial charge in [0, 0.05) is 5.02 Å². The number of rotatable bonds is 1. The third kappa shape index (κ3) is 1.49. The summed E-state index contributed by atoms with van der Waals surface area (Å²) >= 11 is 11.5. The maximum atomic E-state index is 6.01. The summed E-state index contributed by atoms with van der Waals surface area (Å²) in [6, 6.07) is 6.26. The number of aromatic amines is 1. The molecule has 4 rings (SSSR count). The van der Waals surface area contributed by atoms with E-state index in [1.807, 2.05) is 18.2 Å². The fraction of sp³-hybridized carbons (Fsp3) is 0.462. The van der Waals surface area contributed by atoms with Crippen molar-refractivity contribution < 1.29 is 4.74 Å². The number of nitrogens with zero attached hydrogens (tertiary/aromatic N) is 1. The summed E-state index contributed by atoms with van der Waals surface area (Å²) in [5.41, 5.74) is 2.14. The highest BCUT2D eigenvalue weighted by atomic mass is 35.5. The fourth-order valence-electron chi connectivity index (χ4n) is 3.32. The van der Waals surface area contributed by atoms with Crippen LogP contribution in [-0.2, 0) is 4.74 Å². The van der Waals surface area contributed by atoms with Gasteiger partial charge in [-0.1, -0.05) is 11.6 Å². The van der Waals surface area contributed by atoms with E-state index in [9.17, 15) is 0 Å². The number of hydrogen-bond donors (Lipinski definition) is 1. The lowest BCUT2D eigenvalue weighted by atomic mass is 9.95. The van der Waals surface area contributed by atoms with Gasteiger partial charge in [-0.15, -0.1) is 0 Å². The molecule has 2 bridgehead atoms. The molecule has 1 aromatic heterocycles. The van der Waals surface area contributed by atoms with Gasteiger partial charge in [-0.05, 0) is 49.7 Å². The Hall–Kier alpha value is -0.840. The van der Waals surface area contributed by atoms with E-state index in [0.717, 1.165) is 33.7 Å². The van der Waals surface area contributed by atoms with Crippen LogP contribution in [0.15, 0.2) is 18.2 Å². The van der Waals surface area contributed by atoms with E-state index in [1.54, 1.807) is 0 Å². The molecule has 94 valence electrons. The largest absolute Gasteiger partial charge is 0.373 e. The number of halogens is 1. The molecule has 2 aromatic rings. The highest BCUT2D eigenvalue weighted by molar-refractivity contribution is 7.71. The minimum Gasteiger partial charge on any atom is -0.373 e. The molecule has 18 heavy (non-hydrogen) atoms. The molecule has 5 heteroatoms. The topological polar surface area (TPSA) is 29.9 Å². The normalized spacial score (nSPS) is 30.4. The highest BCUT2D eigenvalue weighted by Gasteiger charge is 2.42. The first-order valence-corrected chi connectivity index (χ1v) is 7.06. The van der Waals surface area contributed by atoms with Crippen molar-refractivity contribution in [1.82, 2.24) is 9.55 Å². The Bertz CT molecular complexity index is 677. The van der Waals surface area contributed by atoms with Crippen molar-refractivity contribution in [1.29, 1.82) is 0 Å². The van der Waals surface area contributed by atoms with Crippen LogP contribution in [-0.4, -0.2) is 21.8 Å². The number of nitrogens with one attached hydrogen (secondary N) is 1. The van der Waals surface area contributed by atoms with Crippen LogP contribution in [0, 0.1) is 4.77 Å². The Kier molecular flexibility index (Phi) is 2.34. The third-order valence-corrected chi connectivity index (χ3v) is 4.62. The van der Waals surface area contributed by atoms with E-state index < -0.39 is 0 Å².